The fourth-order valence-corrected chi connectivity index (χ4v) is 3.49. The fraction of sp³-hybridized carbons (Fsp3) is 0.600. The molecule has 2 aliphatic heterocycles. The molecule has 142 valence electrons. The lowest BCUT2D eigenvalue weighted by Gasteiger charge is -2.29. The van der Waals surface area contributed by atoms with Crippen molar-refractivity contribution in [1.82, 2.24) is 9.80 Å². The second kappa shape index (κ2) is 9.03. The van der Waals surface area contributed by atoms with Gasteiger partial charge in [-0.15, -0.1) is 0 Å². The van der Waals surface area contributed by atoms with Gasteiger partial charge in [0.1, 0.15) is 0 Å². The summed E-state index contributed by atoms with van der Waals surface area (Å²) in [6.45, 7) is 4.84. The van der Waals surface area contributed by atoms with Crippen LogP contribution in [0.4, 0.5) is 5.69 Å². The van der Waals surface area contributed by atoms with Crippen LogP contribution in [-0.4, -0.2) is 68.1 Å². The van der Waals surface area contributed by atoms with Gasteiger partial charge in [-0.05, 0) is 30.5 Å². The molecular formula is C20H29N3O3. The normalized spacial score (nSPS) is 18.6. The van der Waals surface area contributed by atoms with Gasteiger partial charge in [-0.25, -0.2) is 0 Å². The number of anilines is 1. The highest BCUT2D eigenvalue weighted by Gasteiger charge is 2.21. The van der Waals surface area contributed by atoms with Gasteiger partial charge in [-0.2, -0.15) is 0 Å². The number of morpholine rings is 1. The minimum atomic E-state index is -0.00231. The number of carbonyl (C=O) groups is 2. The molecule has 1 aromatic carbocycles. The molecule has 2 heterocycles. The van der Waals surface area contributed by atoms with Gasteiger partial charge in [-0.1, -0.05) is 18.6 Å². The summed E-state index contributed by atoms with van der Waals surface area (Å²) < 4.78 is 5.39. The maximum Gasteiger partial charge on any atom is 0.242 e. The molecule has 1 aromatic rings. The van der Waals surface area contributed by atoms with Crippen LogP contribution in [0.2, 0.25) is 0 Å². The highest BCUT2D eigenvalue weighted by molar-refractivity contribution is 5.84. The van der Waals surface area contributed by atoms with Gasteiger partial charge in [0, 0.05) is 45.3 Å². The zero-order valence-electron chi connectivity index (χ0n) is 15.7. The van der Waals surface area contributed by atoms with E-state index in [4.69, 9.17) is 4.74 Å². The summed E-state index contributed by atoms with van der Waals surface area (Å²) in [5.41, 5.74) is 2.29. The lowest BCUT2D eigenvalue weighted by atomic mass is 10.1. The quantitative estimate of drug-likeness (QED) is 0.806. The lowest BCUT2D eigenvalue weighted by Crippen LogP contribution is -2.41. The smallest absolute Gasteiger partial charge is 0.242 e. The Labute approximate surface area is 155 Å². The zero-order valence-corrected chi connectivity index (χ0v) is 15.7. The van der Waals surface area contributed by atoms with Gasteiger partial charge >= 0.3 is 0 Å². The third kappa shape index (κ3) is 4.97. The summed E-state index contributed by atoms with van der Waals surface area (Å²) in [7, 11) is 1.81. The summed E-state index contributed by atoms with van der Waals surface area (Å²) in [5.74, 6) is 0.108. The molecule has 6 heteroatoms. The molecule has 0 atom stereocenters. The molecule has 2 aliphatic rings. The Morgan fingerprint density at radius 2 is 1.81 bits per heavy atom. The van der Waals surface area contributed by atoms with E-state index in [2.05, 4.69) is 29.2 Å². The SMILES string of the molecule is CN(Cc1ccc(N2CCOCC2)cc1)C(=O)CN1CCCCCC1=O. The molecule has 2 amide bonds. The Balaban J connectivity index is 1.52. The van der Waals surface area contributed by atoms with Crippen molar-refractivity contribution in [1.29, 1.82) is 0 Å². The van der Waals surface area contributed by atoms with Crippen LogP contribution < -0.4 is 4.90 Å². The Bertz CT molecular complexity index is 611. The average Bonchev–Trinajstić information content (AvgIpc) is 2.87. The Morgan fingerprint density at radius 1 is 1.08 bits per heavy atom. The first-order valence-corrected chi connectivity index (χ1v) is 9.57. The summed E-state index contributed by atoms with van der Waals surface area (Å²) in [6, 6.07) is 8.37. The number of likely N-dealkylation sites (N-methyl/N-ethyl adjacent to an activating group) is 1. The molecule has 0 spiro atoms. The van der Waals surface area contributed by atoms with E-state index in [1.165, 1.54) is 5.69 Å². The summed E-state index contributed by atoms with van der Waals surface area (Å²) >= 11 is 0. The van der Waals surface area contributed by atoms with Crippen LogP contribution in [0, 0.1) is 0 Å². The number of hydrogen-bond acceptors (Lipinski definition) is 4. The summed E-state index contributed by atoms with van der Waals surface area (Å²) in [5, 5.41) is 0. The molecular weight excluding hydrogens is 330 g/mol. The molecule has 0 unspecified atom stereocenters. The molecule has 0 N–H and O–H groups in total. The molecule has 0 aliphatic carbocycles. The summed E-state index contributed by atoms with van der Waals surface area (Å²) in [6.07, 6.45) is 3.57. The van der Waals surface area contributed by atoms with Crippen molar-refractivity contribution in [2.75, 3.05) is 51.3 Å². The van der Waals surface area contributed by atoms with Gasteiger partial charge in [-0.3, -0.25) is 9.59 Å². The minimum absolute atomic E-state index is 0.00231. The molecule has 0 saturated carbocycles. The van der Waals surface area contributed by atoms with Crippen LogP contribution in [0.5, 0.6) is 0 Å². The highest BCUT2D eigenvalue weighted by Crippen LogP contribution is 2.17. The molecule has 2 saturated heterocycles. The van der Waals surface area contributed by atoms with Crippen molar-refractivity contribution in [3.63, 3.8) is 0 Å². The number of carbonyl (C=O) groups excluding carboxylic acids is 2. The van der Waals surface area contributed by atoms with Crippen LogP contribution in [0.15, 0.2) is 24.3 Å². The first-order valence-electron chi connectivity index (χ1n) is 9.57. The molecule has 0 radical (unpaired) electrons. The van der Waals surface area contributed by atoms with E-state index in [0.717, 1.165) is 51.1 Å². The van der Waals surface area contributed by atoms with Crippen LogP contribution >= 0.6 is 0 Å². The number of benzene rings is 1. The van der Waals surface area contributed by atoms with Gasteiger partial charge in [0.25, 0.3) is 0 Å². The zero-order chi connectivity index (χ0) is 18.4. The molecule has 2 fully saturated rings. The van der Waals surface area contributed by atoms with Crippen LogP contribution in [-0.2, 0) is 20.9 Å². The second-order valence-electron chi connectivity index (χ2n) is 7.14. The topological polar surface area (TPSA) is 53.1 Å². The van der Waals surface area contributed by atoms with E-state index in [-0.39, 0.29) is 18.4 Å². The van der Waals surface area contributed by atoms with Crippen molar-refractivity contribution >= 4 is 17.5 Å². The van der Waals surface area contributed by atoms with Crippen molar-refractivity contribution < 1.29 is 14.3 Å². The fourth-order valence-electron chi connectivity index (χ4n) is 3.49. The van der Waals surface area contributed by atoms with E-state index >= 15 is 0 Å². The molecule has 26 heavy (non-hydrogen) atoms. The third-order valence-corrected chi connectivity index (χ3v) is 5.16. The minimum Gasteiger partial charge on any atom is -0.378 e. The maximum absolute atomic E-state index is 12.5. The van der Waals surface area contributed by atoms with Gasteiger partial charge in [0.05, 0.1) is 19.8 Å². The number of amides is 2. The monoisotopic (exact) mass is 359 g/mol. The number of nitrogens with zero attached hydrogens (tertiary/aromatic N) is 3. The van der Waals surface area contributed by atoms with E-state index in [1.807, 2.05) is 0 Å². The molecule has 3 rings (SSSR count). The molecule has 0 bridgehead atoms. The number of rotatable bonds is 5. The predicted molar refractivity (Wildman–Crippen MR) is 101 cm³/mol. The van der Waals surface area contributed by atoms with Gasteiger partial charge in [0.2, 0.25) is 11.8 Å². The lowest BCUT2D eigenvalue weighted by molar-refractivity contribution is -0.139. The van der Waals surface area contributed by atoms with Gasteiger partial charge in [0.15, 0.2) is 0 Å². The van der Waals surface area contributed by atoms with Gasteiger partial charge < -0.3 is 19.4 Å². The first-order chi connectivity index (χ1) is 12.6. The van der Waals surface area contributed by atoms with E-state index < -0.39 is 0 Å². The standard InChI is InChI=1S/C20H29N3O3/c1-21(20(25)16-23-10-4-2-3-5-19(23)24)15-17-6-8-18(9-7-17)22-11-13-26-14-12-22/h6-9H,2-5,10-16H2,1H3. The van der Waals surface area contributed by atoms with Crippen LogP contribution in [0.25, 0.3) is 0 Å². The second-order valence-corrected chi connectivity index (χ2v) is 7.14. The largest absolute Gasteiger partial charge is 0.378 e. The first kappa shape index (κ1) is 18.7. The third-order valence-electron chi connectivity index (χ3n) is 5.16. The van der Waals surface area contributed by atoms with Crippen molar-refractivity contribution in [2.24, 2.45) is 0 Å². The predicted octanol–water partition coefficient (Wildman–Crippen LogP) is 1.88. The Kier molecular flexibility index (Phi) is 6.50. The van der Waals surface area contributed by atoms with E-state index in [1.54, 1.807) is 16.8 Å². The Hall–Kier alpha value is -2.08. The van der Waals surface area contributed by atoms with Crippen LogP contribution in [0.3, 0.4) is 0 Å². The Morgan fingerprint density at radius 3 is 2.54 bits per heavy atom. The average molecular weight is 359 g/mol. The molecule has 6 nitrogen and oxygen atoms in total. The van der Waals surface area contributed by atoms with E-state index in [9.17, 15) is 9.59 Å². The number of likely N-dealkylation sites (tertiary alicyclic amines) is 1. The van der Waals surface area contributed by atoms with Crippen molar-refractivity contribution in [3.05, 3.63) is 29.8 Å². The van der Waals surface area contributed by atoms with E-state index in [0.29, 0.717) is 19.5 Å². The molecule has 0 aromatic heterocycles. The summed E-state index contributed by atoms with van der Waals surface area (Å²) in [4.78, 5) is 30.3. The highest BCUT2D eigenvalue weighted by atomic mass is 16.5. The number of ether oxygens (including phenoxy) is 1. The van der Waals surface area contributed by atoms with Crippen LogP contribution in [0.1, 0.15) is 31.2 Å². The maximum atomic E-state index is 12.5. The van der Waals surface area contributed by atoms with Crippen molar-refractivity contribution in [3.8, 4) is 0 Å². The van der Waals surface area contributed by atoms with Crippen molar-refractivity contribution in [2.45, 2.75) is 32.2 Å². The number of hydrogen-bond donors (Lipinski definition) is 0.